The number of carbonyl (C=O) groups is 3. The molecule has 1 aromatic rings. The topological polar surface area (TPSA) is 91.7 Å². The van der Waals surface area contributed by atoms with Gasteiger partial charge in [-0.1, -0.05) is 68.3 Å². The van der Waals surface area contributed by atoms with Crippen LogP contribution in [-0.4, -0.2) is 39.3 Å². The van der Waals surface area contributed by atoms with E-state index in [0.717, 1.165) is 18.9 Å². The monoisotopic (exact) mass is 396 g/mol. The molecule has 29 heavy (non-hydrogen) atoms. The van der Waals surface area contributed by atoms with Crippen LogP contribution >= 0.6 is 0 Å². The van der Waals surface area contributed by atoms with Crippen LogP contribution in [0.25, 0.3) is 5.57 Å². The van der Waals surface area contributed by atoms with Gasteiger partial charge in [0.1, 0.15) is 0 Å². The molecule has 1 aliphatic rings. The molecule has 0 bridgehead atoms. The predicted octanol–water partition coefficient (Wildman–Crippen LogP) is 3.21. The second-order valence-corrected chi connectivity index (χ2v) is 7.58. The highest BCUT2D eigenvalue weighted by atomic mass is 16.4. The molecule has 5 nitrogen and oxygen atoms in total. The van der Waals surface area contributed by atoms with E-state index in [1.54, 1.807) is 36.4 Å². The third kappa shape index (κ3) is 4.69. The van der Waals surface area contributed by atoms with E-state index in [0.29, 0.717) is 11.5 Å². The molecular formula is C24H28O5. The number of hydrogen-bond donors (Lipinski definition) is 2. The maximum absolute atomic E-state index is 12.7. The smallest absolute Gasteiger partial charge is 0.191 e. The fourth-order valence-electron chi connectivity index (χ4n) is 3.47. The molecule has 1 aromatic carbocycles. The van der Waals surface area contributed by atoms with Crippen LogP contribution < -0.4 is 0 Å². The molecule has 0 heterocycles. The zero-order chi connectivity index (χ0) is 21.8. The van der Waals surface area contributed by atoms with Crippen molar-refractivity contribution in [1.82, 2.24) is 0 Å². The fraction of sp³-hybridized carbons (Fsp3) is 0.375. The Kier molecular flexibility index (Phi) is 7.22. The van der Waals surface area contributed by atoms with E-state index in [4.69, 9.17) is 0 Å². The molecule has 2 N–H and O–H groups in total. The summed E-state index contributed by atoms with van der Waals surface area (Å²) in [5, 5.41) is 21.3. The van der Waals surface area contributed by atoms with Gasteiger partial charge in [-0.25, -0.2) is 0 Å². The number of aliphatic hydroxyl groups excluding tert-OH is 1. The summed E-state index contributed by atoms with van der Waals surface area (Å²) >= 11 is 0. The van der Waals surface area contributed by atoms with Crippen molar-refractivity contribution in [2.75, 3.05) is 0 Å². The lowest BCUT2D eigenvalue weighted by atomic mass is 9.84. The van der Waals surface area contributed by atoms with Crippen molar-refractivity contribution < 1.29 is 24.6 Å². The minimum absolute atomic E-state index is 0.0109. The highest BCUT2D eigenvalue weighted by molar-refractivity contribution is 6.22. The largest absolute Gasteiger partial charge is 0.381 e. The van der Waals surface area contributed by atoms with Crippen molar-refractivity contribution in [2.45, 2.75) is 52.2 Å². The van der Waals surface area contributed by atoms with E-state index >= 15 is 0 Å². The van der Waals surface area contributed by atoms with Gasteiger partial charge < -0.3 is 10.2 Å². The first-order valence-electron chi connectivity index (χ1n) is 9.76. The molecule has 0 saturated carbocycles. The third-order valence-corrected chi connectivity index (χ3v) is 5.30. The quantitative estimate of drug-likeness (QED) is 0.520. The molecular weight excluding hydrogens is 368 g/mol. The number of rotatable bonds is 8. The van der Waals surface area contributed by atoms with Crippen LogP contribution in [0.15, 0.2) is 59.7 Å². The first-order chi connectivity index (χ1) is 13.6. The summed E-state index contributed by atoms with van der Waals surface area (Å²) in [5.41, 5.74) is -1.02. The van der Waals surface area contributed by atoms with Gasteiger partial charge in [0.15, 0.2) is 29.1 Å². The van der Waals surface area contributed by atoms with Gasteiger partial charge >= 0.3 is 0 Å². The van der Waals surface area contributed by atoms with Crippen LogP contribution in [0.5, 0.6) is 0 Å². The Hall–Kier alpha value is -2.63. The lowest BCUT2D eigenvalue weighted by Gasteiger charge is -2.26. The molecule has 1 aliphatic carbocycles. The summed E-state index contributed by atoms with van der Waals surface area (Å²) in [7, 11) is 0. The number of hydrogen-bond acceptors (Lipinski definition) is 5. The summed E-state index contributed by atoms with van der Waals surface area (Å²) in [4.78, 5) is 37.4. The average molecular weight is 396 g/mol. The van der Waals surface area contributed by atoms with E-state index in [9.17, 15) is 24.6 Å². The lowest BCUT2D eigenvalue weighted by Crippen LogP contribution is -2.48. The van der Waals surface area contributed by atoms with Crippen molar-refractivity contribution >= 4 is 22.9 Å². The van der Waals surface area contributed by atoms with Crippen LogP contribution in [0.3, 0.4) is 0 Å². The van der Waals surface area contributed by atoms with E-state index in [2.05, 4.69) is 19.9 Å². The molecule has 3 atom stereocenters. The van der Waals surface area contributed by atoms with E-state index in [1.807, 2.05) is 6.92 Å². The summed E-state index contributed by atoms with van der Waals surface area (Å²) < 4.78 is 0. The Bertz CT molecular complexity index is 891. The number of ketones is 3. The Balaban J connectivity index is 2.43. The van der Waals surface area contributed by atoms with Crippen LogP contribution in [0, 0.1) is 5.92 Å². The minimum Gasteiger partial charge on any atom is -0.381 e. The number of carbonyl (C=O) groups excluding carboxylic acids is 3. The SMILES string of the molecule is CC[C@H](C)/C=C(C)/C=C/C(=O)CC1=C(c2ccccc2)[C@](O)(C(C)=O)[C@H](O)C1=O. The van der Waals surface area contributed by atoms with Crippen molar-refractivity contribution in [3.8, 4) is 0 Å². The molecule has 0 aromatic heterocycles. The van der Waals surface area contributed by atoms with Crippen LogP contribution in [0.2, 0.25) is 0 Å². The highest BCUT2D eigenvalue weighted by Gasteiger charge is 2.55. The van der Waals surface area contributed by atoms with Gasteiger partial charge in [0.25, 0.3) is 0 Å². The zero-order valence-corrected chi connectivity index (χ0v) is 17.3. The summed E-state index contributed by atoms with van der Waals surface area (Å²) in [6, 6.07) is 8.41. The summed E-state index contributed by atoms with van der Waals surface area (Å²) in [5.74, 6) is -1.50. The molecule has 0 spiro atoms. The van der Waals surface area contributed by atoms with Gasteiger partial charge in [0.05, 0.1) is 0 Å². The van der Waals surface area contributed by atoms with Gasteiger partial charge in [0.2, 0.25) is 0 Å². The Morgan fingerprint density at radius 2 is 1.79 bits per heavy atom. The maximum Gasteiger partial charge on any atom is 0.191 e. The predicted molar refractivity (Wildman–Crippen MR) is 112 cm³/mol. The van der Waals surface area contributed by atoms with Crippen molar-refractivity contribution in [2.24, 2.45) is 5.92 Å². The molecule has 0 unspecified atom stereocenters. The summed E-state index contributed by atoms with van der Waals surface area (Å²) in [6.45, 7) is 7.17. The molecule has 0 aliphatic heterocycles. The molecule has 2 rings (SSSR count). The number of aliphatic hydroxyl groups is 2. The number of allylic oxidation sites excluding steroid dienone is 4. The van der Waals surface area contributed by atoms with Crippen molar-refractivity contribution in [3.05, 3.63) is 65.3 Å². The van der Waals surface area contributed by atoms with Crippen LogP contribution in [0.1, 0.15) is 46.1 Å². The first kappa shape index (κ1) is 22.7. The standard InChI is InChI=1S/C24H28O5/c1-5-15(2)13-16(3)11-12-19(26)14-20-21(18-9-7-6-8-10-18)24(29,17(4)25)23(28)22(20)27/h6-13,15,23,28-29H,5,14H2,1-4H3/b12-11+,16-13+/t15-,23+,24+/m0/s1. The molecule has 154 valence electrons. The lowest BCUT2D eigenvalue weighted by molar-refractivity contribution is -0.145. The van der Waals surface area contributed by atoms with Crippen LogP contribution in [-0.2, 0) is 14.4 Å². The maximum atomic E-state index is 12.7. The first-order valence-corrected chi connectivity index (χ1v) is 9.76. The molecule has 0 saturated heterocycles. The van der Waals surface area contributed by atoms with Gasteiger partial charge in [-0.3, -0.25) is 14.4 Å². The van der Waals surface area contributed by atoms with E-state index in [1.165, 1.54) is 6.08 Å². The Labute approximate surface area is 171 Å². The van der Waals surface area contributed by atoms with E-state index in [-0.39, 0.29) is 23.4 Å². The van der Waals surface area contributed by atoms with Gasteiger partial charge in [-0.15, -0.1) is 0 Å². The second kappa shape index (κ2) is 9.25. The number of benzene rings is 1. The van der Waals surface area contributed by atoms with Crippen molar-refractivity contribution in [3.63, 3.8) is 0 Å². The molecule has 0 radical (unpaired) electrons. The highest BCUT2D eigenvalue weighted by Crippen LogP contribution is 2.42. The molecule has 0 amide bonds. The minimum atomic E-state index is -2.36. The van der Waals surface area contributed by atoms with Gasteiger partial charge in [0, 0.05) is 17.6 Å². The third-order valence-electron chi connectivity index (χ3n) is 5.30. The average Bonchev–Trinajstić information content (AvgIpc) is 2.89. The Morgan fingerprint density at radius 1 is 1.17 bits per heavy atom. The molecule has 5 heteroatoms. The van der Waals surface area contributed by atoms with Crippen molar-refractivity contribution in [1.29, 1.82) is 0 Å². The fourth-order valence-corrected chi connectivity index (χ4v) is 3.47. The number of Topliss-reactive ketones (excluding diaryl/α,β-unsaturated/α-hetero) is 2. The van der Waals surface area contributed by atoms with Gasteiger partial charge in [-0.05, 0) is 31.4 Å². The van der Waals surface area contributed by atoms with E-state index < -0.39 is 23.3 Å². The zero-order valence-electron chi connectivity index (χ0n) is 17.3. The van der Waals surface area contributed by atoms with Gasteiger partial charge in [-0.2, -0.15) is 0 Å². The molecule has 0 fully saturated rings. The normalized spacial score (nSPS) is 23.7. The Morgan fingerprint density at radius 3 is 2.34 bits per heavy atom. The summed E-state index contributed by atoms with van der Waals surface area (Å²) in [6.07, 6.45) is 3.88. The second-order valence-electron chi connectivity index (χ2n) is 7.58. The van der Waals surface area contributed by atoms with Crippen LogP contribution in [0.4, 0.5) is 0 Å².